The lowest BCUT2D eigenvalue weighted by Gasteiger charge is -2.06. The van der Waals surface area contributed by atoms with Crippen LogP contribution in [0, 0.1) is 0 Å². The molecule has 124 valence electrons. The van der Waals surface area contributed by atoms with E-state index in [1.807, 2.05) is 18.2 Å². The molecule has 1 heterocycles. The highest BCUT2D eigenvalue weighted by atomic mass is 35.5. The number of hydrogen-bond acceptors (Lipinski definition) is 4. The van der Waals surface area contributed by atoms with Crippen molar-refractivity contribution in [3.63, 3.8) is 0 Å². The van der Waals surface area contributed by atoms with Crippen molar-refractivity contribution in [1.29, 1.82) is 0 Å². The SMILES string of the molecule is O=C(Cc1csc(-c2ccccc2Cl)n1)NCCSC(F)(F)F. The highest BCUT2D eigenvalue weighted by Crippen LogP contribution is 2.30. The van der Waals surface area contributed by atoms with Gasteiger partial charge in [0.05, 0.1) is 17.1 Å². The molecule has 23 heavy (non-hydrogen) atoms. The molecule has 9 heteroatoms. The zero-order chi connectivity index (χ0) is 16.9. The third-order valence-electron chi connectivity index (χ3n) is 2.69. The lowest BCUT2D eigenvalue weighted by atomic mass is 10.2. The molecule has 0 unspecified atom stereocenters. The summed E-state index contributed by atoms with van der Waals surface area (Å²) in [4.78, 5) is 16.0. The summed E-state index contributed by atoms with van der Waals surface area (Å²) in [6.45, 7) is -0.0372. The van der Waals surface area contributed by atoms with Crippen molar-refractivity contribution in [2.24, 2.45) is 0 Å². The first kappa shape index (κ1) is 18.1. The number of rotatable bonds is 6. The van der Waals surface area contributed by atoms with Crippen molar-refractivity contribution >= 4 is 40.6 Å². The molecule has 0 saturated carbocycles. The predicted octanol–water partition coefficient (Wildman–Crippen LogP) is 4.38. The predicted molar refractivity (Wildman–Crippen MR) is 87.8 cm³/mol. The Kier molecular flexibility index (Phi) is 6.32. The first-order chi connectivity index (χ1) is 10.8. The van der Waals surface area contributed by atoms with Gasteiger partial charge in [0.25, 0.3) is 0 Å². The van der Waals surface area contributed by atoms with Gasteiger partial charge in [-0.05, 0) is 17.8 Å². The van der Waals surface area contributed by atoms with E-state index in [2.05, 4.69) is 10.3 Å². The Morgan fingerprint density at radius 3 is 2.78 bits per heavy atom. The zero-order valence-corrected chi connectivity index (χ0v) is 14.1. The summed E-state index contributed by atoms with van der Waals surface area (Å²) >= 11 is 7.29. The lowest BCUT2D eigenvalue weighted by Crippen LogP contribution is -2.28. The Labute approximate surface area is 144 Å². The van der Waals surface area contributed by atoms with E-state index in [4.69, 9.17) is 11.6 Å². The summed E-state index contributed by atoms with van der Waals surface area (Å²) in [6, 6.07) is 7.24. The van der Waals surface area contributed by atoms with E-state index in [1.165, 1.54) is 11.3 Å². The molecule has 1 N–H and O–H groups in total. The average molecular weight is 381 g/mol. The summed E-state index contributed by atoms with van der Waals surface area (Å²) in [5.41, 5.74) is -2.93. The van der Waals surface area contributed by atoms with Crippen LogP contribution in [0.3, 0.4) is 0 Å². The van der Waals surface area contributed by atoms with Crippen LogP contribution in [0.2, 0.25) is 5.02 Å². The lowest BCUT2D eigenvalue weighted by molar-refractivity contribution is -0.120. The van der Waals surface area contributed by atoms with Crippen molar-refractivity contribution < 1.29 is 18.0 Å². The minimum atomic E-state index is -4.27. The summed E-state index contributed by atoms with van der Waals surface area (Å²) < 4.78 is 35.9. The second-order valence-corrected chi connectivity index (χ2v) is 6.87. The van der Waals surface area contributed by atoms with Crippen LogP contribution in [-0.2, 0) is 11.2 Å². The fourth-order valence-corrected chi connectivity index (χ4v) is 3.31. The number of thiazole rings is 1. The highest BCUT2D eigenvalue weighted by Gasteiger charge is 2.27. The van der Waals surface area contributed by atoms with Gasteiger partial charge >= 0.3 is 5.51 Å². The van der Waals surface area contributed by atoms with Gasteiger partial charge in [0, 0.05) is 23.2 Å². The molecule has 1 amide bonds. The van der Waals surface area contributed by atoms with Gasteiger partial charge in [-0.15, -0.1) is 11.3 Å². The van der Waals surface area contributed by atoms with Crippen molar-refractivity contribution in [2.45, 2.75) is 11.9 Å². The van der Waals surface area contributed by atoms with E-state index in [-0.39, 0.29) is 36.4 Å². The van der Waals surface area contributed by atoms with Gasteiger partial charge in [-0.2, -0.15) is 13.2 Å². The van der Waals surface area contributed by atoms with Crippen LogP contribution < -0.4 is 5.32 Å². The van der Waals surface area contributed by atoms with Crippen LogP contribution >= 0.6 is 34.7 Å². The summed E-state index contributed by atoms with van der Waals surface area (Å²) in [7, 11) is 0. The minimum Gasteiger partial charge on any atom is -0.355 e. The molecule has 0 fully saturated rings. The van der Waals surface area contributed by atoms with Crippen LogP contribution in [0.1, 0.15) is 5.69 Å². The molecule has 0 aliphatic rings. The molecule has 0 bridgehead atoms. The number of amides is 1. The normalized spacial score (nSPS) is 11.5. The second-order valence-electron chi connectivity index (χ2n) is 4.44. The zero-order valence-electron chi connectivity index (χ0n) is 11.7. The molecule has 0 aliphatic heterocycles. The maximum atomic E-state index is 12.0. The molecule has 1 aromatic carbocycles. The van der Waals surface area contributed by atoms with Gasteiger partial charge in [-0.3, -0.25) is 4.79 Å². The van der Waals surface area contributed by atoms with Crippen LogP contribution in [0.4, 0.5) is 13.2 Å². The molecule has 3 nitrogen and oxygen atoms in total. The van der Waals surface area contributed by atoms with Gasteiger partial charge in [0.15, 0.2) is 0 Å². The number of halogens is 4. The largest absolute Gasteiger partial charge is 0.441 e. The second kappa shape index (κ2) is 8.03. The van der Waals surface area contributed by atoms with Gasteiger partial charge in [-0.1, -0.05) is 29.8 Å². The topological polar surface area (TPSA) is 42.0 Å². The molecular weight excluding hydrogens is 369 g/mol. The number of nitrogens with zero attached hydrogens (tertiary/aromatic N) is 1. The number of nitrogens with one attached hydrogen (secondary N) is 1. The van der Waals surface area contributed by atoms with E-state index >= 15 is 0 Å². The molecule has 0 spiro atoms. The summed E-state index contributed by atoms with van der Waals surface area (Å²) in [6.07, 6.45) is 0.0254. The Bertz CT molecular complexity index is 676. The fourth-order valence-electron chi connectivity index (χ4n) is 1.73. The number of benzene rings is 1. The first-order valence-electron chi connectivity index (χ1n) is 6.52. The summed E-state index contributed by atoms with van der Waals surface area (Å²) in [5, 5.41) is 5.45. The van der Waals surface area contributed by atoms with Crippen LogP contribution in [0.5, 0.6) is 0 Å². The maximum Gasteiger partial charge on any atom is 0.441 e. The molecule has 2 rings (SSSR count). The average Bonchev–Trinajstić information content (AvgIpc) is 2.91. The van der Waals surface area contributed by atoms with E-state index in [0.29, 0.717) is 15.7 Å². The number of carbonyl (C=O) groups excluding carboxylic acids is 1. The Balaban J connectivity index is 1.85. The Hall–Kier alpha value is -1.25. The number of alkyl halides is 3. The van der Waals surface area contributed by atoms with Gasteiger partial charge < -0.3 is 5.32 Å². The van der Waals surface area contributed by atoms with Crippen molar-refractivity contribution in [2.75, 3.05) is 12.3 Å². The van der Waals surface area contributed by atoms with E-state index < -0.39 is 5.51 Å². The number of aromatic nitrogens is 1. The standard InChI is InChI=1S/C14H12ClF3N2OS2/c15-11-4-2-1-3-10(11)13-20-9(8-22-13)7-12(21)19-5-6-23-14(16,17)18/h1-4,8H,5-7H2,(H,19,21). The summed E-state index contributed by atoms with van der Waals surface area (Å²) in [5.74, 6) is -0.569. The molecule has 2 aromatic rings. The van der Waals surface area contributed by atoms with Crippen LogP contribution in [0.15, 0.2) is 29.6 Å². The molecule has 0 radical (unpaired) electrons. The van der Waals surface area contributed by atoms with E-state index in [9.17, 15) is 18.0 Å². The maximum absolute atomic E-state index is 12.0. The number of carbonyl (C=O) groups is 1. The minimum absolute atomic E-state index is 0.0254. The quantitative estimate of drug-likeness (QED) is 0.756. The first-order valence-corrected chi connectivity index (χ1v) is 8.76. The van der Waals surface area contributed by atoms with Crippen molar-refractivity contribution in [1.82, 2.24) is 10.3 Å². The van der Waals surface area contributed by atoms with Gasteiger partial charge in [0.1, 0.15) is 5.01 Å². The fraction of sp³-hybridized carbons (Fsp3) is 0.286. The van der Waals surface area contributed by atoms with Crippen molar-refractivity contribution in [3.05, 3.63) is 40.4 Å². The van der Waals surface area contributed by atoms with E-state index in [1.54, 1.807) is 11.4 Å². The smallest absolute Gasteiger partial charge is 0.355 e. The van der Waals surface area contributed by atoms with Gasteiger partial charge in [-0.25, -0.2) is 4.98 Å². The third kappa shape index (κ3) is 6.04. The van der Waals surface area contributed by atoms with Crippen LogP contribution in [0.25, 0.3) is 10.6 Å². The molecule has 0 aliphatic carbocycles. The molecule has 1 aromatic heterocycles. The molecular formula is C14H12ClF3N2OS2. The highest BCUT2D eigenvalue weighted by molar-refractivity contribution is 8.00. The Morgan fingerprint density at radius 2 is 2.09 bits per heavy atom. The number of hydrogen-bond donors (Lipinski definition) is 1. The van der Waals surface area contributed by atoms with E-state index in [0.717, 1.165) is 5.56 Å². The number of thioether (sulfide) groups is 1. The third-order valence-corrected chi connectivity index (χ3v) is 4.68. The Morgan fingerprint density at radius 1 is 1.35 bits per heavy atom. The molecule has 0 saturated heterocycles. The monoisotopic (exact) mass is 380 g/mol. The molecule has 0 atom stereocenters. The van der Waals surface area contributed by atoms with Crippen molar-refractivity contribution in [3.8, 4) is 10.6 Å². The van der Waals surface area contributed by atoms with Gasteiger partial charge in [0.2, 0.25) is 5.91 Å². The van der Waals surface area contributed by atoms with Crippen LogP contribution in [-0.4, -0.2) is 28.7 Å².